The summed E-state index contributed by atoms with van der Waals surface area (Å²) in [7, 11) is 1.66. The highest BCUT2D eigenvalue weighted by Gasteiger charge is 1.93. The molecule has 2 aromatic carbocycles. The van der Waals surface area contributed by atoms with Gasteiger partial charge in [-0.2, -0.15) is 0 Å². The largest absolute Gasteiger partial charge is 0.388 e. The van der Waals surface area contributed by atoms with Gasteiger partial charge in [-0.15, -0.1) is 0 Å². The monoisotopic (exact) mass is 356 g/mol. The summed E-state index contributed by atoms with van der Waals surface area (Å²) in [6.45, 7) is 8.81. The number of nitrogens with zero attached hydrogens (tertiary/aromatic N) is 1. The van der Waals surface area contributed by atoms with E-state index in [1.54, 1.807) is 14.0 Å². The highest BCUT2D eigenvalue weighted by atomic mass is 16.1. The molecule has 0 fully saturated rings. The number of amidine groups is 1. The second-order valence-electron chi connectivity index (χ2n) is 5.60. The van der Waals surface area contributed by atoms with Crippen molar-refractivity contribution in [3.05, 3.63) is 71.8 Å². The Labute approximate surface area is 160 Å². The number of aryl methyl sites for hydroxylation is 2. The van der Waals surface area contributed by atoms with E-state index in [9.17, 15) is 4.79 Å². The molecule has 0 aliphatic rings. The summed E-state index contributed by atoms with van der Waals surface area (Å²) >= 11 is 0. The van der Waals surface area contributed by atoms with Gasteiger partial charge in [-0.3, -0.25) is 4.99 Å². The summed E-state index contributed by atoms with van der Waals surface area (Å²) in [5, 5.41) is 0. The number of Topliss-reactive ketones (excluding diaryl/α,β-unsaturated/α-hetero) is 1. The first-order valence-corrected chi connectivity index (χ1v) is 9.19. The SMILES string of the molecule is CC.CC(C)=O.CN=C(C)N.c1ccc(CCCc2ccccc2)cc1. The van der Waals surface area contributed by atoms with Crippen LogP contribution < -0.4 is 5.73 Å². The molecule has 0 aliphatic carbocycles. The minimum atomic E-state index is 0.167. The molecule has 144 valence electrons. The molecular weight excluding hydrogens is 320 g/mol. The topological polar surface area (TPSA) is 55.5 Å². The second-order valence-corrected chi connectivity index (χ2v) is 5.60. The van der Waals surface area contributed by atoms with Gasteiger partial charge in [0.15, 0.2) is 0 Å². The van der Waals surface area contributed by atoms with Crippen LogP contribution in [0.5, 0.6) is 0 Å². The summed E-state index contributed by atoms with van der Waals surface area (Å²) < 4.78 is 0. The summed E-state index contributed by atoms with van der Waals surface area (Å²) in [6.07, 6.45) is 3.58. The second kappa shape index (κ2) is 18.9. The van der Waals surface area contributed by atoms with Crippen LogP contribution in [0.3, 0.4) is 0 Å². The van der Waals surface area contributed by atoms with Crippen molar-refractivity contribution in [2.45, 2.75) is 53.9 Å². The fourth-order valence-electron chi connectivity index (χ4n) is 1.79. The van der Waals surface area contributed by atoms with E-state index in [0.717, 1.165) is 0 Å². The molecule has 0 bridgehead atoms. The molecule has 0 amide bonds. The lowest BCUT2D eigenvalue weighted by Crippen LogP contribution is -2.03. The predicted molar refractivity (Wildman–Crippen MR) is 116 cm³/mol. The van der Waals surface area contributed by atoms with Crippen molar-refractivity contribution >= 4 is 11.6 Å². The smallest absolute Gasteiger partial charge is 0.126 e. The number of carbonyl (C=O) groups excluding carboxylic acids is 1. The van der Waals surface area contributed by atoms with E-state index in [2.05, 4.69) is 65.7 Å². The van der Waals surface area contributed by atoms with Crippen molar-refractivity contribution in [1.82, 2.24) is 0 Å². The Hall–Kier alpha value is -2.42. The molecule has 0 saturated carbocycles. The lowest BCUT2D eigenvalue weighted by molar-refractivity contribution is -0.114. The predicted octanol–water partition coefficient (Wildman–Crippen LogP) is 5.48. The zero-order chi connectivity index (χ0) is 20.2. The third-order valence-corrected chi connectivity index (χ3v) is 2.97. The summed E-state index contributed by atoms with van der Waals surface area (Å²) in [6, 6.07) is 21.4. The van der Waals surface area contributed by atoms with Gasteiger partial charge in [0.1, 0.15) is 5.78 Å². The maximum Gasteiger partial charge on any atom is 0.126 e. The minimum Gasteiger partial charge on any atom is -0.388 e. The summed E-state index contributed by atoms with van der Waals surface area (Å²) in [5.74, 6) is 0.796. The lowest BCUT2D eigenvalue weighted by Gasteiger charge is -2.01. The van der Waals surface area contributed by atoms with E-state index in [4.69, 9.17) is 5.73 Å². The van der Waals surface area contributed by atoms with Crippen molar-refractivity contribution < 1.29 is 4.79 Å². The van der Waals surface area contributed by atoms with Crippen LogP contribution in [0.15, 0.2) is 65.7 Å². The Bertz CT molecular complexity index is 530. The van der Waals surface area contributed by atoms with E-state index in [1.807, 2.05) is 13.8 Å². The number of rotatable bonds is 4. The average Bonchev–Trinajstić information content (AvgIpc) is 2.65. The summed E-state index contributed by atoms with van der Waals surface area (Å²) in [5.41, 5.74) is 7.92. The van der Waals surface area contributed by atoms with Gasteiger partial charge >= 0.3 is 0 Å². The van der Waals surface area contributed by atoms with Crippen LogP contribution in [-0.4, -0.2) is 18.7 Å². The third kappa shape index (κ3) is 19.6. The quantitative estimate of drug-likeness (QED) is 0.583. The van der Waals surface area contributed by atoms with Gasteiger partial charge in [-0.25, -0.2) is 0 Å². The Morgan fingerprint density at radius 3 is 1.31 bits per heavy atom. The van der Waals surface area contributed by atoms with Crippen LogP contribution in [-0.2, 0) is 17.6 Å². The van der Waals surface area contributed by atoms with Gasteiger partial charge in [0.25, 0.3) is 0 Å². The molecule has 0 aliphatic heterocycles. The first-order chi connectivity index (χ1) is 12.5. The van der Waals surface area contributed by atoms with Crippen molar-refractivity contribution in [2.24, 2.45) is 10.7 Å². The maximum atomic E-state index is 9.44. The highest BCUT2D eigenvalue weighted by Crippen LogP contribution is 2.07. The van der Waals surface area contributed by atoms with E-state index in [1.165, 1.54) is 44.2 Å². The highest BCUT2D eigenvalue weighted by molar-refractivity contribution is 5.77. The standard InChI is InChI=1S/C15H16.C3H8N2.C3H6O.C2H6/c1-3-8-14(9-4-1)12-7-13-15-10-5-2-6-11-15;1-3(4)5-2;1-3(2)4;1-2/h1-6,8-11H,7,12-13H2;1-2H3,(H2,4,5);1-2H3;1-2H3. The molecule has 0 radical (unpaired) electrons. The van der Waals surface area contributed by atoms with Crippen LogP contribution in [0.1, 0.15) is 52.2 Å². The molecule has 0 atom stereocenters. The van der Waals surface area contributed by atoms with Gasteiger partial charge in [0.05, 0.1) is 5.84 Å². The van der Waals surface area contributed by atoms with Gasteiger partial charge in [-0.05, 0) is 51.2 Å². The number of hydrogen-bond donors (Lipinski definition) is 1. The molecule has 0 aromatic heterocycles. The average molecular weight is 357 g/mol. The van der Waals surface area contributed by atoms with Gasteiger partial charge in [-0.1, -0.05) is 74.5 Å². The number of benzene rings is 2. The molecule has 0 heterocycles. The molecule has 0 saturated heterocycles. The van der Waals surface area contributed by atoms with E-state index in [-0.39, 0.29) is 5.78 Å². The molecule has 2 rings (SSSR count). The number of ketones is 1. The number of carbonyl (C=O) groups is 1. The van der Waals surface area contributed by atoms with Gasteiger partial charge in [0, 0.05) is 7.05 Å². The van der Waals surface area contributed by atoms with Crippen LogP contribution in [0.25, 0.3) is 0 Å². The zero-order valence-corrected chi connectivity index (χ0v) is 17.3. The fraction of sp³-hybridized carbons (Fsp3) is 0.391. The first-order valence-electron chi connectivity index (χ1n) is 9.19. The minimum absolute atomic E-state index is 0.167. The Balaban J connectivity index is 0. The first kappa shape index (κ1) is 25.8. The fourth-order valence-corrected chi connectivity index (χ4v) is 1.79. The molecule has 2 aromatic rings. The van der Waals surface area contributed by atoms with Crippen molar-refractivity contribution in [3.8, 4) is 0 Å². The molecule has 2 N–H and O–H groups in total. The third-order valence-electron chi connectivity index (χ3n) is 2.97. The van der Waals surface area contributed by atoms with E-state index < -0.39 is 0 Å². The molecule has 0 unspecified atom stereocenters. The molecule has 0 spiro atoms. The van der Waals surface area contributed by atoms with Crippen LogP contribution in [0.2, 0.25) is 0 Å². The normalized spacial score (nSPS) is 9.38. The van der Waals surface area contributed by atoms with Gasteiger partial charge < -0.3 is 10.5 Å². The summed E-state index contributed by atoms with van der Waals surface area (Å²) in [4.78, 5) is 13.0. The number of aliphatic imine (C=N–C) groups is 1. The van der Waals surface area contributed by atoms with Crippen LogP contribution in [0.4, 0.5) is 0 Å². The molecule has 3 heteroatoms. The van der Waals surface area contributed by atoms with Gasteiger partial charge in [0.2, 0.25) is 0 Å². The Morgan fingerprint density at radius 2 is 1.08 bits per heavy atom. The zero-order valence-electron chi connectivity index (χ0n) is 17.3. The van der Waals surface area contributed by atoms with Crippen LogP contribution >= 0.6 is 0 Å². The van der Waals surface area contributed by atoms with Crippen LogP contribution in [0, 0.1) is 0 Å². The maximum absolute atomic E-state index is 9.44. The molecule has 26 heavy (non-hydrogen) atoms. The Kier molecular flexibility index (Phi) is 18.8. The number of nitrogens with two attached hydrogens (primary N) is 1. The number of hydrogen-bond acceptors (Lipinski definition) is 2. The van der Waals surface area contributed by atoms with E-state index >= 15 is 0 Å². The van der Waals surface area contributed by atoms with Crippen molar-refractivity contribution in [1.29, 1.82) is 0 Å². The Morgan fingerprint density at radius 1 is 0.808 bits per heavy atom. The van der Waals surface area contributed by atoms with Crippen molar-refractivity contribution in [3.63, 3.8) is 0 Å². The molecule has 3 nitrogen and oxygen atoms in total. The molecular formula is C23H36N2O. The van der Waals surface area contributed by atoms with E-state index in [0.29, 0.717) is 5.84 Å². The van der Waals surface area contributed by atoms with Crippen molar-refractivity contribution in [2.75, 3.05) is 7.05 Å². The lowest BCUT2D eigenvalue weighted by atomic mass is 10.0.